The van der Waals surface area contributed by atoms with E-state index in [9.17, 15) is 22.8 Å². The zero-order valence-corrected chi connectivity index (χ0v) is 11.4. The first-order valence-corrected chi connectivity index (χ1v) is 6.46. The minimum absolute atomic E-state index is 0.0858. The number of pyridine rings is 1. The van der Waals surface area contributed by atoms with Gasteiger partial charge in [-0.2, -0.15) is 13.2 Å². The number of rotatable bonds is 4. The molecule has 2 N–H and O–H groups in total. The van der Waals surface area contributed by atoms with Crippen molar-refractivity contribution in [3.63, 3.8) is 0 Å². The molecule has 0 saturated heterocycles. The second-order valence-corrected chi connectivity index (χ2v) is 4.70. The molecule has 0 aliphatic heterocycles. The number of H-pyrrole nitrogens is 1. The van der Waals surface area contributed by atoms with E-state index in [4.69, 9.17) is 0 Å². The van der Waals surface area contributed by atoms with Crippen molar-refractivity contribution in [2.24, 2.45) is 0 Å². The maximum Gasteiger partial charge on any atom is 0.391 e. The first kappa shape index (κ1) is 15.8. The van der Waals surface area contributed by atoms with Crippen LogP contribution in [0.5, 0.6) is 0 Å². The van der Waals surface area contributed by atoms with Crippen LogP contribution in [0.4, 0.5) is 13.2 Å². The maximum atomic E-state index is 12.7. The summed E-state index contributed by atoms with van der Waals surface area (Å²) in [6, 6.07) is 9.11. The third kappa shape index (κ3) is 4.47. The van der Waals surface area contributed by atoms with E-state index in [-0.39, 0.29) is 5.56 Å². The zero-order chi connectivity index (χ0) is 16.2. The molecule has 0 aliphatic carbocycles. The first-order valence-electron chi connectivity index (χ1n) is 6.46. The lowest BCUT2D eigenvalue weighted by molar-refractivity contribution is -0.139. The Balaban J connectivity index is 2.21. The molecule has 0 radical (unpaired) electrons. The predicted molar refractivity (Wildman–Crippen MR) is 74.4 cm³/mol. The number of hydrogen-bond donors (Lipinski definition) is 2. The fourth-order valence-corrected chi connectivity index (χ4v) is 1.96. The van der Waals surface area contributed by atoms with Crippen molar-refractivity contribution in [1.82, 2.24) is 10.3 Å². The van der Waals surface area contributed by atoms with Crippen molar-refractivity contribution in [3.8, 4) is 0 Å². The van der Waals surface area contributed by atoms with Crippen molar-refractivity contribution in [1.29, 1.82) is 0 Å². The predicted octanol–water partition coefficient (Wildman–Crippen LogP) is 2.80. The van der Waals surface area contributed by atoms with E-state index in [1.54, 1.807) is 18.2 Å². The molecule has 0 aliphatic rings. The van der Waals surface area contributed by atoms with Gasteiger partial charge in [0, 0.05) is 12.3 Å². The highest BCUT2D eigenvalue weighted by Crippen LogP contribution is 2.29. The molecular weight excluding hydrogens is 297 g/mol. The number of aromatic amines is 1. The molecule has 1 atom stereocenters. The summed E-state index contributed by atoms with van der Waals surface area (Å²) < 4.78 is 38.1. The van der Waals surface area contributed by atoms with Crippen LogP contribution >= 0.6 is 0 Å². The van der Waals surface area contributed by atoms with Gasteiger partial charge in [0.2, 0.25) is 5.56 Å². The summed E-state index contributed by atoms with van der Waals surface area (Å²) in [5, 5.41) is 2.34. The van der Waals surface area contributed by atoms with Crippen LogP contribution in [-0.4, -0.2) is 17.1 Å². The molecule has 1 heterocycles. The fraction of sp³-hybridized carbons (Fsp3) is 0.200. The fourth-order valence-electron chi connectivity index (χ4n) is 1.96. The van der Waals surface area contributed by atoms with Gasteiger partial charge in [-0.15, -0.1) is 0 Å². The number of nitrogens with one attached hydrogen (secondary N) is 2. The van der Waals surface area contributed by atoms with Crippen molar-refractivity contribution in [2.75, 3.05) is 0 Å². The quantitative estimate of drug-likeness (QED) is 0.912. The topological polar surface area (TPSA) is 62.0 Å². The van der Waals surface area contributed by atoms with E-state index < -0.39 is 30.1 Å². The number of benzene rings is 1. The average molecular weight is 310 g/mol. The van der Waals surface area contributed by atoms with Gasteiger partial charge in [0.05, 0.1) is 18.0 Å². The number of aromatic nitrogens is 1. The van der Waals surface area contributed by atoms with E-state index >= 15 is 0 Å². The summed E-state index contributed by atoms with van der Waals surface area (Å²) in [7, 11) is 0. The molecule has 0 bridgehead atoms. The lowest BCUT2D eigenvalue weighted by Crippen LogP contribution is -2.32. The Kier molecular flexibility index (Phi) is 4.65. The van der Waals surface area contributed by atoms with Crippen LogP contribution in [0.2, 0.25) is 0 Å². The van der Waals surface area contributed by atoms with Crippen LogP contribution in [0, 0.1) is 0 Å². The van der Waals surface area contributed by atoms with Crippen molar-refractivity contribution < 1.29 is 18.0 Å². The molecule has 116 valence electrons. The Labute approximate surface area is 124 Å². The molecule has 0 unspecified atom stereocenters. The summed E-state index contributed by atoms with van der Waals surface area (Å²) in [6.45, 7) is 0. The Morgan fingerprint density at radius 2 is 1.82 bits per heavy atom. The van der Waals surface area contributed by atoms with Crippen LogP contribution in [0.25, 0.3) is 0 Å². The Morgan fingerprint density at radius 1 is 1.14 bits per heavy atom. The van der Waals surface area contributed by atoms with Gasteiger partial charge in [-0.1, -0.05) is 30.3 Å². The summed E-state index contributed by atoms with van der Waals surface area (Å²) in [5.41, 5.74) is 0.0479. The summed E-state index contributed by atoms with van der Waals surface area (Å²) in [4.78, 5) is 25.3. The Bertz CT molecular complexity index is 675. The van der Waals surface area contributed by atoms with Crippen LogP contribution < -0.4 is 10.9 Å². The smallest absolute Gasteiger partial charge is 0.345 e. The standard InChI is InChI=1S/C15H13F3N2O2/c16-15(17,18)8-12(10-4-2-1-3-5-10)20-14(22)11-6-7-13(21)19-9-11/h1-7,9,12H,8H2,(H,19,21)(H,20,22)/t12-/m1/s1. The molecule has 2 rings (SSSR count). The number of amides is 1. The second-order valence-electron chi connectivity index (χ2n) is 4.70. The van der Waals surface area contributed by atoms with Gasteiger partial charge in [0.15, 0.2) is 0 Å². The van der Waals surface area contributed by atoms with E-state index in [1.807, 2.05) is 0 Å². The Morgan fingerprint density at radius 3 is 2.36 bits per heavy atom. The van der Waals surface area contributed by atoms with Crippen molar-refractivity contribution in [3.05, 3.63) is 70.1 Å². The van der Waals surface area contributed by atoms with Gasteiger partial charge < -0.3 is 10.3 Å². The molecule has 1 aromatic heterocycles. The highest BCUT2D eigenvalue weighted by molar-refractivity contribution is 5.94. The monoisotopic (exact) mass is 310 g/mol. The second kappa shape index (κ2) is 6.46. The average Bonchev–Trinajstić information content (AvgIpc) is 2.47. The first-order chi connectivity index (χ1) is 10.3. The SMILES string of the molecule is O=C(N[C@H](CC(F)(F)F)c1ccccc1)c1ccc(=O)[nH]c1. The molecule has 4 nitrogen and oxygen atoms in total. The van der Waals surface area contributed by atoms with E-state index in [2.05, 4.69) is 10.3 Å². The number of hydrogen-bond acceptors (Lipinski definition) is 2. The van der Waals surface area contributed by atoms with Gasteiger partial charge in [0.25, 0.3) is 5.91 Å². The third-order valence-corrected chi connectivity index (χ3v) is 2.99. The van der Waals surface area contributed by atoms with Crippen molar-refractivity contribution >= 4 is 5.91 Å². The zero-order valence-electron chi connectivity index (χ0n) is 11.4. The van der Waals surface area contributed by atoms with Crippen LogP contribution in [-0.2, 0) is 0 Å². The van der Waals surface area contributed by atoms with Crippen LogP contribution in [0.1, 0.15) is 28.4 Å². The molecule has 2 aromatic rings. The van der Waals surface area contributed by atoms with Crippen LogP contribution in [0.3, 0.4) is 0 Å². The van der Waals surface area contributed by atoms with Crippen molar-refractivity contribution in [2.45, 2.75) is 18.6 Å². The molecular formula is C15H13F3N2O2. The normalized spacial score (nSPS) is 12.7. The van der Waals surface area contributed by atoms with Crippen LogP contribution in [0.15, 0.2) is 53.5 Å². The van der Waals surface area contributed by atoms with E-state index in [1.165, 1.54) is 18.2 Å². The van der Waals surface area contributed by atoms with Gasteiger partial charge in [-0.3, -0.25) is 9.59 Å². The van der Waals surface area contributed by atoms with Gasteiger partial charge >= 0.3 is 6.18 Å². The number of alkyl halides is 3. The third-order valence-electron chi connectivity index (χ3n) is 2.99. The summed E-state index contributed by atoms with van der Waals surface area (Å²) in [5.74, 6) is -0.686. The number of halogens is 3. The lowest BCUT2D eigenvalue weighted by atomic mass is 10.0. The van der Waals surface area contributed by atoms with E-state index in [0.717, 1.165) is 12.3 Å². The lowest BCUT2D eigenvalue weighted by Gasteiger charge is -2.20. The van der Waals surface area contributed by atoms with Gasteiger partial charge in [-0.25, -0.2) is 0 Å². The van der Waals surface area contributed by atoms with Gasteiger partial charge in [0.1, 0.15) is 0 Å². The largest absolute Gasteiger partial charge is 0.391 e. The molecule has 0 saturated carbocycles. The molecule has 0 spiro atoms. The molecule has 1 amide bonds. The van der Waals surface area contributed by atoms with E-state index in [0.29, 0.717) is 5.56 Å². The molecule has 22 heavy (non-hydrogen) atoms. The highest BCUT2D eigenvalue weighted by Gasteiger charge is 2.33. The van der Waals surface area contributed by atoms with Gasteiger partial charge in [-0.05, 0) is 11.6 Å². The summed E-state index contributed by atoms with van der Waals surface area (Å²) in [6.07, 6.45) is -4.43. The maximum absolute atomic E-state index is 12.7. The number of carbonyl (C=O) groups is 1. The molecule has 0 fully saturated rings. The minimum atomic E-state index is -4.42. The minimum Gasteiger partial charge on any atom is -0.345 e. The number of carbonyl (C=O) groups excluding carboxylic acids is 1. The highest BCUT2D eigenvalue weighted by atomic mass is 19.4. The summed E-state index contributed by atoms with van der Waals surface area (Å²) >= 11 is 0. The molecule has 1 aromatic carbocycles. The molecule has 7 heteroatoms. The Hall–Kier alpha value is -2.57.